The lowest BCUT2D eigenvalue weighted by Crippen LogP contribution is -2.16. The van der Waals surface area contributed by atoms with E-state index in [1.165, 1.54) is 16.6 Å². The fourth-order valence-electron chi connectivity index (χ4n) is 2.24. The smallest absolute Gasteiger partial charge is 0.0726 e. The molecule has 0 fully saturated rings. The fraction of sp³-hybridized carbons (Fsp3) is 0.438. The van der Waals surface area contributed by atoms with Crippen LogP contribution in [0.4, 0.5) is 5.69 Å². The number of fused-ring (bicyclic) bond motifs is 1. The predicted octanol–water partition coefficient (Wildman–Crippen LogP) is 3.22. The molecular formula is C16H23N3. The van der Waals surface area contributed by atoms with Gasteiger partial charge in [-0.3, -0.25) is 4.98 Å². The Morgan fingerprint density at radius 1 is 1.16 bits per heavy atom. The van der Waals surface area contributed by atoms with E-state index in [0.717, 1.165) is 30.7 Å². The summed E-state index contributed by atoms with van der Waals surface area (Å²) in [7, 11) is 4.21. The van der Waals surface area contributed by atoms with Gasteiger partial charge in [-0.2, -0.15) is 0 Å². The molecule has 102 valence electrons. The Labute approximate surface area is 115 Å². The number of anilines is 1. The van der Waals surface area contributed by atoms with Gasteiger partial charge in [0.25, 0.3) is 0 Å². The lowest BCUT2D eigenvalue weighted by atomic mass is 10.1. The van der Waals surface area contributed by atoms with Crippen molar-refractivity contribution < 1.29 is 0 Å². The minimum absolute atomic E-state index is 0.991. The molecule has 1 aromatic heterocycles. The van der Waals surface area contributed by atoms with E-state index in [0.29, 0.717) is 0 Å². The van der Waals surface area contributed by atoms with Crippen LogP contribution in [0.3, 0.4) is 0 Å². The van der Waals surface area contributed by atoms with Crippen LogP contribution in [0.2, 0.25) is 0 Å². The summed E-state index contributed by atoms with van der Waals surface area (Å²) in [6.45, 7) is 6.26. The Kier molecular flexibility index (Phi) is 4.38. The maximum absolute atomic E-state index is 4.59. The zero-order chi connectivity index (χ0) is 13.8. The zero-order valence-electron chi connectivity index (χ0n) is 12.3. The molecule has 3 nitrogen and oxygen atoms in total. The molecule has 19 heavy (non-hydrogen) atoms. The van der Waals surface area contributed by atoms with E-state index in [1.807, 2.05) is 6.92 Å². The Hall–Kier alpha value is -1.61. The van der Waals surface area contributed by atoms with Gasteiger partial charge in [0.05, 0.1) is 5.52 Å². The first-order valence-electron chi connectivity index (χ1n) is 6.83. The maximum Gasteiger partial charge on any atom is 0.0726 e. The number of aromatic nitrogens is 1. The van der Waals surface area contributed by atoms with E-state index in [-0.39, 0.29) is 0 Å². The van der Waals surface area contributed by atoms with Crippen LogP contribution in [0.1, 0.15) is 17.7 Å². The summed E-state index contributed by atoms with van der Waals surface area (Å²) in [5, 5.41) is 4.76. The molecule has 0 saturated heterocycles. The molecule has 0 saturated carbocycles. The quantitative estimate of drug-likeness (QED) is 0.834. The molecule has 0 unspecified atom stereocenters. The van der Waals surface area contributed by atoms with Crippen LogP contribution in [-0.2, 0) is 0 Å². The number of hydrogen-bond acceptors (Lipinski definition) is 3. The van der Waals surface area contributed by atoms with E-state index in [1.54, 1.807) is 0 Å². The van der Waals surface area contributed by atoms with Gasteiger partial charge in [0.2, 0.25) is 0 Å². The van der Waals surface area contributed by atoms with Gasteiger partial charge in [-0.05, 0) is 59.1 Å². The van der Waals surface area contributed by atoms with E-state index < -0.39 is 0 Å². The Bertz CT molecular complexity index is 561. The van der Waals surface area contributed by atoms with Gasteiger partial charge in [-0.25, -0.2) is 0 Å². The van der Waals surface area contributed by atoms with Crippen LogP contribution >= 0.6 is 0 Å². The first kappa shape index (κ1) is 13.8. The summed E-state index contributed by atoms with van der Waals surface area (Å²) in [5.74, 6) is 0. The predicted molar refractivity (Wildman–Crippen MR) is 82.9 cm³/mol. The van der Waals surface area contributed by atoms with E-state index >= 15 is 0 Å². The van der Waals surface area contributed by atoms with Crippen molar-refractivity contribution in [1.82, 2.24) is 9.88 Å². The topological polar surface area (TPSA) is 28.2 Å². The SMILES string of the molecule is Cc1ccc2nc(C)cc(NCCCN(C)C)c2c1. The number of aryl methyl sites for hydroxylation is 2. The molecule has 2 rings (SSSR count). The summed E-state index contributed by atoms with van der Waals surface area (Å²) in [4.78, 5) is 6.80. The molecule has 1 N–H and O–H groups in total. The molecular weight excluding hydrogens is 234 g/mol. The highest BCUT2D eigenvalue weighted by Crippen LogP contribution is 2.24. The van der Waals surface area contributed by atoms with Crippen LogP contribution in [0.5, 0.6) is 0 Å². The Balaban J connectivity index is 2.19. The molecule has 0 amide bonds. The third-order valence-electron chi connectivity index (χ3n) is 3.19. The maximum atomic E-state index is 4.59. The molecule has 1 heterocycles. The summed E-state index contributed by atoms with van der Waals surface area (Å²) >= 11 is 0. The fourth-order valence-corrected chi connectivity index (χ4v) is 2.24. The Morgan fingerprint density at radius 3 is 2.68 bits per heavy atom. The van der Waals surface area contributed by atoms with Gasteiger partial charge in [0.1, 0.15) is 0 Å². The number of benzene rings is 1. The van der Waals surface area contributed by atoms with Crippen molar-refractivity contribution >= 4 is 16.6 Å². The molecule has 1 aromatic carbocycles. The van der Waals surface area contributed by atoms with Crippen LogP contribution in [0, 0.1) is 13.8 Å². The summed E-state index contributed by atoms with van der Waals surface area (Å²) in [5.41, 5.74) is 4.60. The molecule has 0 aliphatic heterocycles. The normalized spacial score (nSPS) is 11.2. The van der Waals surface area contributed by atoms with Crippen molar-refractivity contribution in [2.24, 2.45) is 0 Å². The molecule has 0 radical (unpaired) electrons. The molecule has 3 heteroatoms. The highest BCUT2D eigenvalue weighted by atomic mass is 15.1. The van der Waals surface area contributed by atoms with E-state index in [9.17, 15) is 0 Å². The number of pyridine rings is 1. The lowest BCUT2D eigenvalue weighted by molar-refractivity contribution is 0.405. The van der Waals surface area contributed by atoms with Gasteiger partial charge < -0.3 is 10.2 Å². The van der Waals surface area contributed by atoms with Crippen LogP contribution in [-0.4, -0.2) is 37.1 Å². The number of rotatable bonds is 5. The number of nitrogens with zero attached hydrogens (tertiary/aromatic N) is 2. The second kappa shape index (κ2) is 6.02. The molecule has 2 aromatic rings. The monoisotopic (exact) mass is 257 g/mol. The first-order chi connectivity index (χ1) is 9.06. The Morgan fingerprint density at radius 2 is 1.95 bits per heavy atom. The van der Waals surface area contributed by atoms with Gasteiger partial charge >= 0.3 is 0 Å². The minimum atomic E-state index is 0.991. The molecule has 0 bridgehead atoms. The number of nitrogens with one attached hydrogen (secondary N) is 1. The van der Waals surface area contributed by atoms with Crippen molar-refractivity contribution in [3.05, 3.63) is 35.5 Å². The largest absolute Gasteiger partial charge is 0.384 e. The van der Waals surface area contributed by atoms with E-state index in [4.69, 9.17) is 0 Å². The number of hydrogen-bond donors (Lipinski definition) is 1. The average Bonchev–Trinajstić information content (AvgIpc) is 2.35. The first-order valence-corrected chi connectivity index (χ1v) is 6.83. The highest BCUT2D eigenvalue weighted by molar-refractivity contribution is 5.91. The van der Waals surface area contributed by atoms with Crippen molar-refractivity contribution in [1.29, 1.82) is 0 Å². The van der Waals surface area contributed by atoms with Gasteiger partial charge in [0.15, 0.2) is 0 Å². The van der Waals surface area contributed by atoms with E-state index in [2.05, 4.69) is 60.5 Å². The average molecular weight is 257 g/mol. The summed E-state index contributed by atoms with van der Waals surface area (Å²) < 4.78 is 0. The summed E-state index contributed by atoms with van der Waals surface area (Å²) in [6.07, 6.45) is 1.14. The molecule has 0 atom stereocenters. The van der Waals surface area contributed by atoms with Crippen LogP contribution in [0.15, 0.2) is 24.3 Å². The van der Waals surface area contributed by atoms with Crippen molar-refractivity contribution in [3.8, 4) is 0 Å². The zero-order valence-corrected chi connectivity index (χ0v) is 12.3. The van der Waals surface area contributed by atoms with Crippen LogP contribution in [0.25, 0.3) is 10.9 Å². The molecule has 0 aliphatic rings. The third-order valence-corrected chi connectivity index (χ3v) is 3.19. The van der Waals surface area contributed by atoms with Gasteiger partial charge in [0, 0.05) is 23.3 Å². The third kappa shape index (κ3) is 3.67. The molecule has 0 spiro atoms. The standard InChI is InChI=1S/C16H23N3/c1-12-6-7-15-14(10-12)16(11-13(2)18-15)17-8-5-9-19(3)4/h6-7,10-11H,5,8-9H2,1-4H3,(H,17,18). The second-order valence-electron chi connectivity index (χ2n) is 5.42. The van der Waals surface area contributed by atoms with Crippen molar-refractivity contribution in [2.75, 3.05) is 32.5 Å². The lowest BCUT2D eigenvalue weighted by Gasteiger charge is -2.13. The minimum Gasteiger partial charge on any atom is -0.384 e. The summed E-state index contributed by atoms with van der Waals surface area (Å²) in [6, 6.07) is 8.56. The highest BCUT2D eigenvalue weighted by Gasteiger charge is 2.04. The van der Waals surface area contributed by atoms with Gasteiger partial charge in [-0.15, -0.1) is 0 Å². The molecule has 0 aliphatic carbocycles. The van der Waals surface area contributed by atoms with Gasteiger partial charge in [-0.1, -0.05) is 11.6 Å². The van der Waals surface area contributed by atoms with Crippen molar-refractivity contribution in [3.63, 3.8) is 0 Å². The second-order valence-corrected chi connectivity index (χ2v) is 5.42. The van der Waals surface area contributed by atoms with Crippen molar-refractivity contribution in [2.45, 2.75) is 20.3 Å². The van der Waals surface area contributed by atoms with Crippen LogP contribution < -0.4 is 5.32 Å².